The zero-order chi connectivity index (χ0) is 34.5. The van der Waals surface area contributed by atoms with Crippen LogP contribution in [0.4, 0.5) is 11.6 Å². The van der Waals surface area contributed by atoms with Crippen LogP contribution in [0.25, 0.3) is 11.1 Å². The van der Waals surface area contributed by atoms with Crippen molar-refractivity contribution in [2.24, 2.45) is 0 Å². The Hall–Kier alpha value is -4.98. The van der Waals surface area contributed by atoms with Gasteiger partial charge in [0, 0.05) is 48.7 Å². The van der Waals surface area contributed by atoms with E-state index in [2.05, 4.69) is 60.6 Å². The lowest BCUT2D eigenvalue weighted by Crippen LogP contribution is -2.51. The summed E-state index contributed by atoms with van der Waals surface area (Å²) in [6, 6.07) is 8.45. The van der Waals surface area contributed by atoms with E-state index in [9.17, 15) is 5.26 Å². The van der Waals surface area contributed by atoms with Gasteiger partial charge in [-0.05, 0) is 74.6 Å². The Bertz CT molecular complexity index is 1860. The second kappa shape index (κ2) is 15.3. The minimum Gasteiger partial charge on any atom is -0.487 e. The molecule has 1 saturated carbocycles. The summed E-state index contributed by atoms with van der Waals surface area (Å²) in [6.45, 7) is 8.97. The molecule has 0 radical (unpaired) electrons. The first kappa shape index (κ1) is 33.5. The average Bonchev–Trinajstić information content (AvgIpc) is 3.91. The Labute approximate surface area is 294 Å². The molecule has 1 aliphatic carbocycles. The molecule has 1 N–H and O–H groups in total. The molecule has 3 atom stereocenters. The maximum Gasteiger partial charge on any atom is 0.257 e. The number of ether oxygens (including phenoxy) is 3. The zero-order valence-corrected chi connectivity index (χ0v) is 29.1. The van der Waals surface area contributed by atoms with Crippen molar-refractivity contribution >= 4 is 23.0 Å². The number of tetrazole rings is 1. The maximum absolute atomic E-state index is 9.68. The van der Waals surface area contributed by atoms with Crippen LogP contribution in [-0.4, -0.2) is 87.3 Å². The Balaban J connectivity index is 1.04. The number of benzene rings is 1. The van der Waals surface area contributed by atoms with Crippen molar-refractivity contribution in [2.45, 2.75) is 90.0 Å². The molecule has 0 amide bonds. The van der Waals surface area contributed by atoms with Gasteiger partial charge in [0.15, 0.2) is 0 Å². The molecule has 4 aromatic heterocycles. The van der Waals surface area contributed by atoms with E-state index in [-0.39, 0.29) is 24.4 Å². The fourth-order valence-electron chi connectivity index (χ4n) is 6.75. The molecule has 16 heteroatoms. The lowest BCUT2D eigenvalue weighted by Gasteiger charge is -2.42. The molecule has 1 saturated heterocycles. The van der Waals surface area contributed by atoms with Crippen LogP contribution in [0.15, 0.2) is 54.7 Å². The largest absolute Gasteiger partial charge is 0.487 e. The number of anilines is 2. The SMILES string of the molecule is CC(Cn1cnnn1)Oc1cc(-c2cnc(Nc3cn(C4CCC(N5C[C@@H](C)O[C@@H](C)C5)CC4)nc3OCc3nccs3)nc2)ccc1C#N. The van der Waals surface area contributed by atoms with E-state index in [1.807, 2.05) is 35.3 Å². The third kappa shape index (κ3) is 8.07. The zero-order valence-electron chi connectivity index (χ0n) is 28.3. The summed E-state index contributed by atoms with van der Waals surface area (Å²) in [5.41, 5.74) is 2.71. The lowest BCUT2D eigenvalue weighted by molar-refractivity contribution is -0.0852. The van der Waals surface area contributed by atoms with Crippen molar-refractivity contribution in [1.82, 2.24) is 49.8 Å². The monoisotopic (exact) mass is 696 g/mol. The van der Waals surface area contributed by atoms with Gasteiger partial charge in [-0.3, -0.25) is 9.58 Å². The van der Waals surface area contributed by atoms with Gasteiger partial charge in [-0.1, -0.05) is 6.07 Å². The normalized spacial score (nSPS) is 21.7. The predicted molar refractivity (Wildman–Crippen MR) is 185 cm³/mol. The number of hydrogen-bond donors (Lipinski definition) is 1. The van der Waals surface area contributed by atoms with Crippen LogP contribution >= 0.6 is 11.3 Å². The molecule has 7 rings (SSSR count). The quantitative estimate of drug-likeness (QED) is 0.185. The number of thiazole rings is 1. The summed E-state index contributed by atoms with van der Waals surface area (Å²) >= 11 is 1.54. The summed E-state index contributed by atoms with van der Waals surface area (Å²) in [6.07, 6.45) is 13.3. The van der Waals surface area contributed by atoms with Gasteiger partial charge in [-0.25, -0.2) is 19.6 Å². The van der Waals surface area contributed by atoms with Crippen molar-refractivity contribution in [1.29, 1.82) is 5.26 Å². The van der Waals surface area contributed by atoms with Gasteiger partial charge in [0.1, 0.15) is 41.6 Å². The van der Waals surface area contributed by atoms with E-state index in [4.69, 9.17) is 19.3 Å². The van der Waals surface area contributed by atoms with Crippen LogP contribution in [0, 0.1) is 11.3 Å². The van der Waals surface area contributed by atoms with Crippen LogP contribution in [0.3, 0.4) is 0 Å². The summed E-state index contributed by atoms with van der Waals surface area (Å²) in [4.78, 5) is 16.2. The van der Waals surface area contributed by atoms with Crippen molar-refractivity contribution in [2.75, 3.05) is 18.4 Å². The highest BCUT2D eigenvalue weighted by Gasteiger charge is 2.32. The maximum atomic E-state index is 9.68. The van der Waals surface area contributed by atoms with Crippen LogP contribution in [0.5, 0.6) is 11.6 Å². The third-order valence-corrected chi connectivity index (χ3v) is 9.77. The summed E-state index contributed by atoms with van der Waals surface area (Å²) in [7, 11) is 0. The molecule has 15 nitrogen and oxygen atoms in total. The van der Waals surface area contributed by atoms with Gasteiger partial charge in [-0.2, -0.15) is 5.26 Å². The number of nitrogens with one attached hydrogen (secondary N) is 1. The number of rotatable bonds is 12. The van der Waals surface area contributed by atoms with Gasteiger partial charge in [0.2, 0.25) is 5.95 Å². The van der Waals surface area contributed by atoms with Gasteiger partial charge >= 0.3 is 0 Å². The van der Waals surface area contributed by atoms with Crippen LogP contribution in [-0.2, 0) is 17.9 Å². The molecule has 260 valence electrons. The van der Waals surface area contributed by atoms with E-state index < -0.39 is 0 Å². The molecule has 1 aliphatic heterocycles. The second-order valence-corrected chi connectivity index (χ2v) is 13.9. The van der Waals surface area contributed by atoms with Gasteiger partial charge < -0.3 is 19.5 Å². The van der Waals surface area contributed by atoms with Crippen LogP contribution < -0.4 is 14.8 Å². The average molecular weight is 697 g/mol. The smallest absolute Gasteiger partial charge is 0.257 e. The number of aromatic nitrogens is 9. The first-order valence-corrected chi connectivity index (χ1v) is 17.8. The molecule has 1 aromatic carbocycles. The highest BCUT2D eigenvalue weighted by molar-refractivity contribution is 7.09. The van der Waals surface area contributed by atoms with E-state index in [1.54, 1.807) is 40.7 Å². The summed E-state index contributed by atoms with van der Waals surface area (Å²) in [5.74, 6) is 1.35. The van der Waals surface area contributed by atoms with Gasteiger partial charge in [-0.15, -0.1) is 21.5 Å². The Kier molecular flexibility index (Phi) is 10.2. The fraction of sp³-hybridized carbons (Fsp3) is 0.471. The van der Waals surface area contributed by atoms with E-state index >= 15 is 0 Å². The molecule has 1 unspecified atom stereocenters. The molecule has 5 aromatic rings. The molecule has 2 fully saturated rings. The van der Waals surface area contributed by atoms with E-state index in [1.165, 1.54) is 6.33 Å². The topological polar surface area (TPSA) is 167 Å². The lowest BCUT2D eigenvalue weighted by atomic mass is 9.89. The number of morpholine rings is 1. The van der Waals surface area contributed by atoms with Crippen molar-refractivity contribution < 1.29 is 14.2 Å². The molecule has 0 spiro atoms. The first-order chi connectivity index (χ1) is 24.4. The van der Waals surface area contributed by atoms with Crippen LogP contribution in [0.1, 0.15) is 63.1 Å². The highest BCUT2D eigenvalue weighted by atomic mass is 32.1. The second-order valence-electron chi connectivity index (χ2n) is 12.9. The molecular weight excluding hydrogens is 657 g/mol. The molecular formula is C34H40N12O3S. The third-order valence-electron chi connectivity index (χ3n) is 9.02. The van der Waals surface area contributed by atoms with E-state index in [0.29, 0.717) is 48.0 Å². The minimum absolute atomic E-state index is 0.268. The van der Waals surface area contributed by atoms with Crippen LogP contribution in [0.2, 0.25) is 0 Å². The summed E-state index contributed by atoms with van der Waals surface area (Å²) in [5, 5.41) is 31.9. The standard InChI is InChI=1S/C34H40N12O3S/c1-22-16-44(17-23(2)48-22)28-6-8-29(9-7-28)46-19-30(33(41-46)47-20-32-36-10-11-50-32)40-34-37-14-27(15-38-34)25-4-5-26(13-35)31(12-25)49-24(3)18-45-21-39-42-43-45/h4-5,10-12,14-15,19,21-24,28-29H,6-9,16-18,20H2,1-3H3,(H,37,38,40)/t22-,23+,24?,28?,29?. The predicted octanol–water partition coefficient (Wildman–Crippen LogP) is 5.04. The molecule has 2 aliphatic rings. The fourth-order valence-corrected chi connectivity index (χ4v) is 7.28. The first-order valence-electron chi connectivity index (χ1n) is 16.9. The minimum atomic E-state index is -0.274. The Morgan fingerprint density at radius 2 is 1.84 bits per heavy atom. The van der Waals surface area contributed by atoms with Gasteiger partial charge in [0.05, 0.1) is 36.6 Å². The number of nitrogens with zero attached hydrogens (tertiary/aromatic N) is 11. The summed E-state index contributed by atoms with van der Waals surface area (Å²) < 4.78 is 21.9. The molecule has 0 bridgehead atoms. The molecule has 50 heavy (non-hydrogen) atoms. The highest BCUT2D eigenvalue weighted by Crippen LogP contribution is 2.36. The number of hydrogen-bond acceptors (Lipinski definition) is 14. The van der Waals surface area contributed by atoms with Crippen molar-refractivity contribution in [3.63, 3.8) is 0 Å². The van der Waals surface area contributed by atoms with Crippen molar-refractivity contribution in [3.05, 3.63) is 65.3 Å². The van der Waals surface area contributed by atoms with Gasteiger partial charge in [0.25, 0.3) is 5.88 Å². The Morgan fingerprint density at radius 1 is 1.06 bits per heavy atom. The van der Waals surface area contributed by atoms with Crippen molar-refractivity contribution in [3.8, 4) is 28.8 Å². The Morgan fingerprint density at radius 3 is 2.54 bits per heavy atom. The number of nitriles is 1. The van der Waals surface area contributed by atoms with E-state index in [0.717, 1.165) is 54.9 Å². The molecule has 5 heterocycles.